The van der Waals surface area contributed by atoms with Crippen LogP contribution < -0.4 is 11.1 Å². The second-order valence-electron chi connectivity index (χ2n) is 5.83. The van der Waals surface area contributed by atoms with Crippen molar-refractivity contribution in [3.8, 4) is 0 Å². The van der Waals surface area contributed by atoms with Crippen LogP contribution in [0.25, 0.3) is 0 Å². The third kappa shape index (κ3) is 7.87. The molecule has 7 heteroatoms. The third-order valence-electron chi connectivity index (χ3n) is 3.71. The lowest BCUT2D eigenvalue weighted by Crippen LogP contribution is -2.40. The van der Waals surface area contributed by atoms with Gasteiger partial charge >= 0.3 is 0 Å². The maximum absolute atomic E-state index is 5.89. The Bertz CT molecular complexity index is 629. The van der Waals surface area contributed by atoms with Gasteiger partial charge in [0, 0.05) is 32.1 Å². The number of aryl methyl sites for hydroxylation is 2. The normalized spacial score (nSPS) is 12.5. The Morgan fingerprint density at radius 2 is 2.12 bits per heavy atom. The van der Waals surface area contributed by atoms with Crippen molar-refractivity contribution in [3.05, 3.63) is 54.1 Å². The molecule has 2 rings (SSSR count). The number of hydrogen-bond acceptors (Lipinski definition) is 3. The number of imidazole rings is 1. The van der Waals surface area contributed by atoms with E-state index < -0.39 is 0 Å². The number of ether oxygens (including phenoxy) is 1. The number of guanidine groups is 1. The molecule has 0 aliphatic heterocycles. The van der Waals surface area contributed by atoms with E-state index in [2.05, 4.69) is 44.1 Å². The van der Waals surface area contributed by atoms with Crippen molar-refractivity contribution in [3.63, 3.8) is 0 Å². The number of nitrogens with one attached hydrogen (secondary N) is 1. The second kappa shape index (κ2) is 11.9. The molecular formula is C18H28IN5O. The summed E-state index contributed by atoms with van der Waals surface area (Å²) >= 11 is 0. The summed E-state index contributed by atoms with van der Waals surface area (Å²) in [5.74, 6) is 1.34. The van der Waals surface area contributed by atoms with Gasteiger partial charge in [0.15, 0.2) is 5.96 Å². The lowest BCUT2D eigenvalue weighted by Gasteiger charge is -2.13. The Balaban J connectivity index is 0.00000312. The minimum Gasteiger partial charge on any atom is -0.383 e. The van der Waals surface area contributed by atoms with Crippen LogP contribution in [0.3, 0.4) is 0 Å². The van der Waals surface area contributed by atoms with E-state index >= 15 is 0 Å². The van der Waals surface area contributed by atoms with E-state index in [4.69, 9.17) is 10.5 Å². The molecule has 0 bridgehead atoms. The minimum absolute atomic E-state index is 0. The average molecular weight is 457 g/mol. The smallest absolute Gasteiger partial charge is 0.189 e. The molecule has 6 nitrogen and oxygen atoms in total. The van der Waals surface area contributed by atoms with Crippen LogP contribution in [0.4, 0.5) is 0 Å². The van der Waals surface area contributed by atoms with Gasteiger partial charge in [-0.25, -0.2) is 9.98 Å². The van der Waals surface area contributed by atoms with Gasteiger partial charge in [0.2, 0.25) is 0 Å². The number of nitrogens with zero attached hydrogens (tertiary/aromatic N) is 3. The third-order valence-corrected chi connectivity index (χ3v) is 3.71. The fraction of sp³-hybridized carbons (Fsp3) is 0.444. The van der Waals surface area contributed by atoms with Gasteiger partial charge in [-0.3, -0.25) is 0 Å². The number of rotatable bonds is 9. The van der Waals surface area contributed by atoms with Crippen molar-refractivity contribution in [2.45, 2.75) is 38.9 Å². The second-order valence-corrected chi connectivity index (χ2v) is 5.83. The highest BCUT2D eigenvalue weighted by atomic mass is 127. The standard InChI is InChI=1S/C18H27N5O.HI/c1-15(14-24-2)22-18(19)21-13-17-20-10-12-23(17)11-6-9-16-7-4-3-5-8-16;/h3-5,7-8,10,12,15H,6,9,11,13-14H2,1-2H3,(H3,19,21,22);1H. The van der Waals surface area contributed by atoms with Gasteiger partial charge in [-0.05, 0) is 25.3 Å². The number of nitrogens with two attached hydrogens (primary N) is 1. The summed E-state index contributed by atoms with van der Waals surface area (Å²) in [6.07, 6.45) is 5.92. The van der Waals surface area contributed by atoms with Crippen LogP contribution in [0.2, 0.25) is 0 Å². The van der Waals surface area contributed by atoms with Gasteiger partial charge in [0.25, 0.3) is 0 Å². The Labute approximate surface area is 166 Å². The van der Waals surface area contributed by atoms with Gasteiger partial charge < -0.3 is 20.4 Å². The van der Waals surface area contributed by atoms with E-state index in [0.29, 0.717) is 19.1 Å². The predicted molar refractivity (Wildman–Crippen MR) is 112 cm³/mol. The van der Waals surface area contributed by atoms with Gasteiger partial charge in [0.1, 0.15) is 12.4 Å². The van der Waals surface area contributed by atoms with E-state index in [0.717, 1.165) is 25.2 Å². The fourth-order valence-electron chi connectivity index (χ4n) is 2.54. The maximum Gasteiger partial charge on any atom is 0.189 e. The summed E-state index contributed by atoms with van der Waals surface area (Å²) in [7, 11) is 1.66. The molecule has 1 aromatic heterocycles. The van der Waals surface area contributed by atoms with Crippen molar-refractivity contribution < 1.29 is 4.74 Å². The topological polar surface area (TPSA) is 77.5 Å². The van der Waals surface area contributed by atoms with Crippen LogP contribution in [0.1, 0.15) is 24.7 Å². The molecule has 1 heterocycles. The van der Waals surface area contributed by atoms with Crippen LogP contribution in [0.5, 0.6) is 0 Å². The van der Waals surface area contributed by atoms with Crippen molar-refractivity contribution in [1.82, 2.24) is 14.9 Å². The largest absolute Gasteiger partial charge is 0.383 e. The number of hydrogen-bond donors (Lipinski definition) is 2. The average Bonchev–Trinajstić information content (AvgIpc) is 3.01. The Morgan fingerprint density at radius 3 is 2.84 bits per heavy atom. The zero-order valence-electron chi connectivity index (χ0n) is 14.9. The van der Waals surface area contributed by atoms with Crippen molar-refractivity contribution >= 4 is 29.9 Å². The van der Waals surface area contributed by atoms with Crippen molar-refractivity contribution in [2.24, 2.45) is 10.7 Å². The molecule has 3 N–H and O–H groups in total. The van der Waals surface area contributed by atoms with E-state index in [-0.39, 0.29) is 30.0 Å². The van der Waals surface area contributed by atoms with Crippen molar-refractivity contribution in [1.29, 1.82) is 0 Å². The molecule has 2 aromatic rings. The highest BCUT2D eigenvalue weighted by Gasteiger charge is 2.04. The van der Waals surface area contributed by atoms with E-state index in [9.17, 15) is 0 Å². The summed E-state index contributed by atoms with van der Waals surface area (Å²) in [5.41, 5.74) is 7.25. The molecule has 1 aromatic carbocycles. The van der Waals surface area contributed by atoms with Crippen LogP contribution in [-0.2, 0) is 24.2 Å². The minimum atomic E-state index is 0. The summed E-state index contributed by atoms with van der Waals surface area (Å²) in [6.45, 7) is 3.98. The molecule has 0 spiro atoms. The predicted octanol–water partition coefficient (Wildman–Crippen LogP) is 2.57. The van der Waals surface area contributed by atoms with E-state index in [1.807, 2.05) is 25.4 Å². The maximum atomic E-state index is 5.89. The number of methoxy groups -OCH3 is 1. The van der Waals surface area contributed by atoms with Crippen LogP contribution in [-0.4, -0.2) is 35.3 Å². The molecule has 0 aliphatic rings. The number of benzene rings is 1. The molecule has 0 fully saturated rings. The van der Waals surface area contributed by atoms with Crippen LogP contribution in [0.15, 0.2) is 47.7 Å². The van der Waals surface area contributed by atoms with Gasteiger partial charge in [-0.1, -0.05) is 30.3 Å². The lowest BCUT2D eigenvalue weighted by atomic mass is 10.1. The molecule has 1 unspecified atom stereocenters. The van der Waals surface area contributed by atoms with E-state index in [1.54, 1.807) is 7.11 Å². The number of aliphatic imine (C=N–C) groups is 1. The molecule has 138 valence electrons. The quantitative estimate of drug-likeness (QED) is 0.345. The SMILES string of the molecule is COCC(C)NC(N)=NCc1nccn1CCCc1ccccc1.I. The van der Waals surface area contributed by atoms with E-state index in [1.165, 1.54) is 5.56 Å². The first kappa shape index (κ1) is 21.4. The summed E-state index contributed by atoms with van der Waals surface area (Å²) in [6, 6.07) is 10.6. The molecule has 0 saturated carbocycles. The summed E-state index contributed by atoms with van der Waals surface area (Å²) in [4.78, 5) is 8.74. The Kier molecular flexibility index (Phi) is 10.2. The Hall–Kier alpha value is -1.61. The molecule has 0 amide bonds. The van der Waals surface area contributed by atoms with Gasteiger partial charge in [0.05, 0.1) is 6.61 Å². The molecule has 1 atom stereocenters. The number of aromatic nitrogens is 2. The Morgan fingerprint density at radius 1 is 1.36 bits per heavy atom. The summed E-state index contributed by atoms with van der Waals surface area (Å²) in [5, 5.41) is 3.09. The molecule has 25 heavy (non-hydrogen) atoms. The highest BCUT2D eigenvalue weighted by molar-refractivity contribution is 14.0. The van der Waals surface area contributed by atoms with Gasteiger partial charge in [-0.15, -0.1) is 24.0 Å². The lowest BCUT2D eigenvalue weighted by molar-refractivity contribution is 0.179. The first-order chi connectivity index (χ1) is 11.7. The number of halogens is 1. The first-order valence-corrected chi connectivity index (χ1v) is 8.28. The van der Waals surface area contributed by atoms with Gasteiger partial charge in [-0.2, -0.15) is 0 Å². The summed E-state index contributed by atoms with van der Waals surface area (Å²) < 4.78 is 7.20. The molecule has 0 radical (unpaired) electrons. The van der Waals surface area contributed by atoms with Crippen molar-refractivity contribution in [2.75, 3.05) is 13.7 Å². The zero-order valence-corrected chi connectivity index (χ0v) is 17.2. The monoisotopic (exact) mass is 457 g/mol. The van der Waals surface area contributed by atoms with Crippen LogP contribution in [0, 0.1) is 0 Å². The molecular weight excluding hydrogens is 429 g/mol. The fourth-order valence-corrected chi connectivity index (χ4v) is 2.54. The first-order valence-electron chi connectivity index (χ1n) is 8.28. The van der Waals surface area contributed by atoms with Crippen LogP contribution >= 0.6 is 24.0 Å². The highest BCUT2D eigenvalue weighted by Crippen LogP contribution is 2.06. The molecule has 0 aliphatic carbocycles. The molecule has 0 saturated heterocycles. The zero-order chi connectivity index (χ0) is 17.2.